The van der Waals surface area contributed by atoms with E-state index in [2.05, 4.69) is 20.8 Å². The molecular weight excluding hydrogens is 587 g/mol. The molecule has 2 aromatic heterocycles. The number of hydrogen-bond acceptors (Lipinski definition) is 9. The number of aliphatic hydroxyl groups is 1. The van der Waals surface area contributed by atoms with E-state index in [0.717, 1.165) is 19.4 Å². The quantitative estimate of drug-likeness (QED) is 0.321. The molecule has 3 fully saturated rings. The Morgan fingerprint density at radius 1 is 1.13 bits per heavy atom. The molecule has 4 aliphatic rings. The van der Waals surface area contributed by atoms with Crippen molar-refractivity contribution in [1.29, 1.82) is 0 Å². The van der Waals surface area contributed by atoms with Crippen LogP contribution in [0, 0.1) is 24.0 Å². The Morgan fingerprint density at radius 3 is 2.84 bits per heavy atom. The third-order valence-electron chi connectivity index (χ3n) is 9.76. The van der Waals surface area contributed by atoms with Crippen molar-refractivity contribution in [2.45, 2.75) is 56.0 Å². The van der Waals surface area contributed by atoms with Crippen molar-refractivity contribution in [2.75, 3.05) is 37.7 Å². The van der Waals surface area contributed by atoms with Gasteiger partial charge in [0.2, 0.25) is 5.88 Å². The van der Waals surface area contributed by atoms with E-state index in [0.29, 0.717) is 37.0 Å². The number of benzene rings is 2. The summed E-state index contributed by atoms with van der Waals surface area (Å²) in [5.41, 5.74) is -0.911. The molecule has 6 heterocycles. The number of phenols is 1. The number of piperidine rings is 1. The summed E-state index contributed by atoms with van der Waals surface area (Å²) in [4.78, 5) is 17.8. The average molecular weight is 618 g/mol. The maximum atomic E-state index is 16.9. The van der Waals surface area contributed by atoms with Gasteiger partial charge in [-0.05, 0) is 55.8 Å². The molecule has 45 heavy (non-hydrogen) atoms. The van der Waals surface area contributed by atoms with E-state index in [9.17, 15) is 19.0 Å². The van der Waals surface area contributed by atoms with Crippen LogP contribution >= 0.6 is 0 Å². The maximum absolute atomic E-state index is 16.9. The van der Waals surface area contributed by atoms with Crippen LogP contribution in [0.15, 0.2) is 24.3 Å². The topological polar surface area (TPSA) is 104 Å². The molecule has 2 N–H and O–H groups in total. The molecule has 4 atom stereocenters. The summed E-state index contributed by atoms with van der Waals surface area (Å²) in [6.07, 6.45) is 7.30. The zero-order valence-corrected chi connectivity index (χ0v) is 24.3. The molecule has 12 heteroatoms. The van der Waals surface area contributed by atoms with Gasteiger partial charge in [-0.3, -0.25) is 4.90 Å². The fourth-order valence-corrected chi connectivity index (χ4v) is 7.67. The normalized spacial score (nSPS) is 25.9. The lowest BCUT2D eigenvalue weighted by molar-refractivity contribution is 0.107. The van der Waals surface area contributed by atoms with Crippen LogP contribution in [0.4, 0.5) is 19.0 Å². The van der Waals surface area contributed by atoms with Crippen LogP contribution in [0.5, 0.6) is 17.6 Å². The standard InChI is InChI=1S/C33H30F3N5O4/c1-2-22-24(35)7-4-17-10-21(43)11-23(25(17)22)28-27(36)29-26-30(41-14-20(42)6-5-19(41)15-44-31(26)37-28)39-32(38-29)45-16-33-8-3-9-40(33)13-18(34)12-33/h1,4,7,10-11,18-20,42-43H,3,5-6,8-9,12-16H2/t18-,19+,20?,33+/m1/s1. The summed E-state index contributed by atoms with van der Waals surface area (Å²) in [6.45, 7) is 1.70. The maximum Gasteiger partial charge on any atom is 0.319 e. The Hall–Kier alpha value is -4.34. The first-order valence-corrected chi connectivity index (χ1v) is 15.2. The van der Waals surface area contributed by atoms with Gasteiger partial charge in [-0.25, -0.2) is 18.2 Å². The molecule has 0 spiro atoms. The monoisotopic (exact) mass is 617 g/mol. The number of fused-ring (bicyclic) bond motifs is 4. The van der Waals surface area contributed by atoms with Crippen molar-refractivity contribution in [2.24, 2.45) is 0 Å². The summed E-state index contributed by atoms with van der Waals surface area (Å²) in [6, 6.07) is 5.05. The predicted octanol–water partition coefficient (Wildman–Crippen LogP) is 4.49. The van der Waals surface area contributed by atoms with E-state index in [4.69, 9.17) is 20.9 Å². The zero-order valence-electron chi connectivity index (χ0n) is 24.3. The highest BCUT2D eigenvalue weighted by molar-refractivity contribution is 6.04. The summed E-state index contributed by atoms with van der Waals surface area (Å²) in [5, 5.41) is 22.0. The van der Waals surface area contributed by atoms with Crippen molar-refractivity contribution >= 4 is 27.5 Å². The number of halogens is 3. The number of hydrogen-bond donors (Lipinski definition) is 2. The van der Waals surface area contributed by atoms with Crippen molar-refractivity contribution in [1.82, 2.24) is 19.9 Å². The number of phenolic OH excluding ortho intramolecular Hbond substituents is 1. The number of rotatable bonds is 4. The molecule has 4 aromatic rings. The number of nitrogens with zero attached hydrogens (tertiary/aromatic N) is 5. The first kappa shape index (κ1) is 28.2. The predicted molar refractivity (Wildman–Crippen MR) is 160 cm³/mol. The number of anilines is 1. The number of aromatic hydroxyl groups is 1. The minimum atomic E-state index is -0.952. The Kier molecular flexibility index (Phi) is 6.48. The molecule has 2 aromatic carbocycles. The second-order valence-corrected chi connectivity index (χ2v) is 12.5. The molecular formula is C33H30F3N5O4. The number of aromatic nitrogens is 3. The number of terminal acetylenes is 1. The Balaban J connectivity index is 1.33. The summed E-state index contributed by atoms with van der Waals surface area (Å²) < 4.78 is 58.6. The van der Waals surface area contributed by atoms with Gasteiger partial charge in [0.25, 0.3) is 0 Å². The molecule has 8 rings (SSSR count). The molecule has 0 bridgehead atoms. The smallest absolute Gasteiger partial charge is 0.319 e. The van der Waals surface area contributed by atoms with Gasteiger partial charge < -0.3 is 24.6 Å². The number of aliphatic hydroxyl groups excluding tert-OH is 1. The first-order chi connectivity index (χ1) is 21.7. The van der Waals surface area contributed by atoms with Crippen molar-refractivity contribution in [3.05, 3.63) is 41.5 Å². The molecule has 3 saturated heterocycles. The van der Waals surface area contributed by atoms with Gasteiger partial charge in [0, 0.05) is 30.5 Å². The Morgan fingerprint density at radius 2 is 2.00 bits per heavy atom. The molecule has 0 amide bonds. The van der Waals surface area contributed by atoms with E-state index in [1.807, 2.05) is 4.90 Å². The molecule has 0 aliphatic carbocycles. The first-order valence-electron chi connectivity index (χ1n) is 15.2. The van der Waals surface area contributed by atoms with E-state index >= 15 is 4.39 Å². The molecule has 9 nitrogen and oxygen atoms in total. The van der Waals surface area contributed by atoms with Crippen LogP contribution in [-0.4, -0.2) is 86.8 Å². The second-order valence-electron chi connectivity index (χ2n) is 12.5. The van der Waals surface area contributed by atoms with Gasteiger partial charge in [0.15, 0.2) is 5.82 Å². The lowest BCUT2D eigenvalue weighted by Crippen LogP contribution is -2.48. The van der Waals surface area contributed by atoms with E-state index in [1.54, 1.807) is 0 Å². The molecule has 0 radical (unpaired) electrons. The molecule has 4 aliphatic heterocycles. The van der Waals surface area contributed by atoms with Gasteiger partial charge >= 0.3 is 6.01 Å². The van der Waals surface area contributed by atoms with Gasteiger partial charge in [-0.15, -0.1) is 6.42 Å². The Bertz CT molecular complexity index is 1920. The van der Waals surface area contributed by atoms with Crippen molar-refractivity contribution in [3.63, 3.8) is 0 Å². The van der Waals surface area contributed by atoms with Crippen LogP contribution in [-0.2, 0) is 0 Å². The second kappa shape index (κ2) is 10.4. The van der Waals surface area contributed by atoms with Crippen molar-refractivity contribution in [3.8, 4) is 41.2 Å². The SMILES string of the molecule is C#Cc1c(F)ccc2cc(O)cc(-c3nc4c5c(nc(OC[C@@]67CCCN6C[C@H](F)C7)nc5c3F)N3CC(O)CC[C@H]3CO4)c12. The van der Waals surface area contributed by atoms with Crippen LogP contribution in [0.25, 0.3) is 32.9 Å². The largest absolute Gasteiger partial charge is 0.508 e. The minimum Gasteiger partial charge on any atom is -0.508 e. The third-order valence-corrected chi connectivity index (χ3v) is 9.76. The fourth-order valence-electron chi connectivity index (χ4n) is 7.67. The van der Waals surface area contributed by atoms with Crippen LogP contribution in [0.2, 0.25) is 0 Å². The highest BCUT2D eigenvalue weighted by Crippen LogP contribution is 2.45. The third kappa shape index (κ3) is 4.43. The average Bonchev–Trinajstić information content (AvgIpc) is 3.50. The van der Waals surface area contributed by atoms with E-state index in [-0.39, 0.29) is 76.6 Å². The lowest BCUT2D eigenvalue weighted by atomic mass is 9.95. The summed E-state index contributed by atoms with van der Waals surface area (Å²) >= 11 is 0. The van der Waals surface area contributed by atoms with E-state index in [1.165, 1.54) is 24.3 Å². The minimum absolute atomic E-state index is 0.0543. The molecule has 0 saturated carbocycles. The summed E-state index contributed by atoms with van der Waals surface area (Å²) in [7, 11) is 0. The Labute approximate surface area is 256 Å². The van der Waals surface area contributed by atoms with Crippen LogP contribution < -0.4 is 14.4 Å². The zero-order chi connectivity index (χ0) is 31.0. The number of alkyl halides is 1. The number of ether oxygens (including phenoxy) is 2. The molecule has 1 unspecified atom stereocenters. The van der Waals surface area contributed by atoms with E-state index < -0.39 is 29.4 Å². The molecule has 232 valence electrons. The highest BCUT2D eigenvalue weighted by Gasteiger charge is 2.49. The van der Waals surface area contributed by atoms with Crippen molar-refractivity contribution < 1.29 is 32.9 Å². The van der Waals surface area contributed by atoms with Gasteiger partial charge in [-0.2, -0.15) is 9.97 Å². The van der Waals surface area contributed by atoms with Gasteiger partial charge in [-0.1, -0.05) is 12.0 Å². The van der Waals surface area contributed by atoms with Crippen LogP contribution in [0.1, 0.15) is 37.7 Å². The van der Waals surface area contributed by atoms with Crippen LogP contribution in [0.3, 0.4) is 0 Å². The highest BCUT2D eigenvalue weighted by atomic mass is 19.1. The van der Waals surface area contributed by atoms with Gasteiger partial charge in [0.05, 0.1) is 23.2 Å². The fraction of sp³-hybridized carbons (Fsp3) is 0.424. The number of pyridine rings is 1. The summed E-state index contributed by atoms with van der Waals surface area (Å²) in [5.74, 6) is 0.983. The van der Waals surface area contributed by atoms with Gasteiger partial charge in [0.1, 0.15) is 53.4 Å². The lowest BCUT2D eigenvalue weighted by Gasteiger charge is -2.37.